The molecule has 2 fully saturated rings. The molecule has 0 unspecified atom stereocenters. The van der Waals surface area contributed by atoms with Gasteiger partial charge in [-0.2, -0.15) is 5.10 Å². The largest absolute Gasteiger partial charge is 0.326 e. The summed E-state index contributed by atoms with van der Waals surface area (Å²) >= 11 is 0. The zero-order valence-electron chi connectivity index (χ0n) is 14.6. The Morgan fingerprint density at radius 1 is 1.12 bits per heavy atom. The van der Waals surface area contributed by atoms with Crippen molar-refractivity contribution in [3.05, 3.63) is 42.7 Å². The van der Waals surface area contributed by atoms with Gasteiger partial charge in [-0.05, 0) is 63.0 Å². The van der Waals surface area contributed by atoms with Crippen molar-refractivity contribution >= 4 is 23.2 Å². The highest BCUT2D eigenvalue weighted by Gasteiger charge is 2.42. The summed E-state index contributed by atoms with van der Waals surface area (Å²) in [6.45, 7) is 1.54. The molecular weight excluding hydrogens is 330 g/mol. The Kier molecular flexibility index (Phi) is 4.46. The van der Waals surface area contributed by atoms with Crippen molar-refractivity contribution in [2.45, 2.75) is 31.2 Å². The molecule has 7 heteroatoms. The Balaban J connectivity index is 1.52. The van der Waals surface area contributed by atoms with Crippen LogP contribution in [0.15, 0.2) is 42.7 Å². The molecule has 1 aliphatic carbocycles. The van der Waals surface area contributed by atoms with Crippen molar-refractivity contribution in [1.29, 1.82) is 0 Å². The van der Waals surface area contributed by atoms with Gasteiger partial charge in [0.1, 0.15) is 5.54 Å². The zero-order chi connectivity index (χ0) is 18.0. The molecule has 0 atom stereocenters. The topological polar surface area (TPSA) is 88.1 Å². The van der Waals surface area contributed by atoms with Crippen molar-refractivity contribution in [2.24, 2.45) is 5.92 Å². The van der Waals surface area contributed by atoms with Gasteiger partial charge in [0.15, 0.2) is 0 Å². The van der Waals surface area contributed by atoms with Gasteiger partial charge in [-0.15, -0.1) is 0 Å². The molecule has 1 saturated carbocycles. The molecule has 4 rings (SSSR count). The van der Waals surface area contributed by atoms with Gasteiger partial charge in [0.2, 0.25) is 5.91 Å². The lowest BCUT2D eigenvalue weighted by molar-refractivity contribution is -0.126. The Hall–Kier alpha value is -2.67. The van der Waals surface area contributed by atoms with Crippen molar-refractivity contribution < 1.29 is 9.59 Å². The van der Waals surface area contributed by atoms with E-state index in [1.54, 1.807) is 16.9 Å². The summed E-state index contributed by atoms with van der Waals surface area (Å²) < 4.78 is 1.77. The molecule has 0 radical (unpaired) electrons. The molecule has 2 aliphatic rings. The molecule has 26 heavy (non-hydrogen) atoms. The number of hydrogen-bond donors (Lipinski definition) is 3. The number of piperidine rings is 1. The van der Waals surface area contributed by atoms with Gasteiger partial charge in [-0.1, -0.05) is 6.07 Å². The van der Waals surface area contributed by atoms with Crippen LogP contribution in [0, 0.1) is 5.92 Å². The fourth-order valence-electron chi connectivity index (χ4n) is 3.43. The van der Waals surface area contributed by atoms with Crippen LogP contribution < -0.4 is 16.0 Å². The molecule has 0 spiro atoms. The zero-order valence-corrected chi connectivity index (χ0v) is 14.6. The summed E-state index contributed by atoms with van der Waals surface area (Å²) in [5.74, 6) is 0.124. The highest BCUT2D eigenvalue weighted by Crippen LogP contribution is 2.31. The van der Waals surface area contributed by atoms with E-state index in [1.807, 2.05) is 30.5 Å². The fraction of sp³-hybridized carbons (Fsp3) is 0.421. The number of nitrogens with zero attached hydrogens (tertiary/aromatic N) is 2. The third-order valence-electron chi connectivity index (χ3n) is 5.13. The number of amides is 2. The van der Waals surface area contributed by atoms with Gasteiger partial charge >= 0.3 is 0 Å². The third-order valence-corrected chi connectivity index (χ3v) is 5.13. The molecule has 136 valence electrons. The molecule has 0 bridgehead atoms. The maximum atomic E-state index is 13.2. The first-order valence-corrected chi connectivity index (χ1v) is 9.11. The monoisotopic (exact) mass is 353 g/mol. The normalized spacial score (nSPS) is 18.9. The van der Waals surface area contributed by atoms with Gasteiger partial charge in [-0.3, -0.25) is 14.3 Å². The van der Waals surface area contributed by atoms with Crippen LogP contribution in [0.3, 0.4) is 0 Å². The molecule has 1 aromatic carbocycles. The second kappa shape index (κ2) is 6.92. The molecule has 1 aliphatic heterocycles. The van der Waals surface area contributed by atoms with E-state index in [4.69, 9.17) is 0 Å². The number of rotatable bonds is 5. The average molecular weight is 353 g/mol. The average Bonchev–Trinajstić information content (AvgIpc) is 3.37. The van der Waals surface area contributed by atoms with Crippen LogP contribution in [0.1, 0.15) is 25.7 Å². The minimum atomic E-state index is -0.692. The highest BCUT2D eigenvalue weighted by atomic mass is 16.2. The Morgan fingerprint density at radius 3 is 2.50 bits per heavy atom. The predicted molar refractivity (Wildman–Crippen MR) is 98.7 cm³/mol. The number of benzene rings is 1. The van der Waals surface area contributed by atoms with E-state index in [0.717, 1.165) is 25.9 Å². The Labute approximate surface area is 152 Å². The van der Waals surface area contributed by atoms with Crippen molar-refractivity contribution in [3.8, 4) is 0 Å². The molecule has 1 saturated heterocycles. The van der Waals surface area contributed by atoms with Crippen LogP contribution in [0.5, 0.6) is 0 Å². The summed E-state index contributed by atoms with van der Waals surface area (Å²) in [6.07, 6.45) is 6.82. The summed E-state index contributed by atoms with van der Waals surface area (Å²) in [5, 5.41) is 13.6. The summed E-state index contributed by atoms with van der Waals surface area (Å²) in [7, 11) is 0. The minimum Gasteiger partial charge on any atom is -0.326 e. The molecule has 2 heterocycles. The van der Waals surface area contributed by atoms with E-state index in [0.29, 0.717) is 24.2 Å². The third kappa shape index (κ3) is 3.35. The van der Waals surface area contributed by atoms with E-state index >= 15 is 0 Å². The van der Waals surface area contributed by atoms with E-state index in [2.05, 4.69) is 21.0 Å². The van der Waals surface area contributed by atoms with Crippen molar-refractivity contribution in [1.82, 2.24) is 15.1 Å². The molecular formula is C19H23N5O2. The maximum absolute atomic E-state index is 13.2. The van der Waals surface area contributed by atoms with Crippen LogP contribution in [0.25, 0.3) is 0 Å². The molecule has 3 N–H and O–H groups in total. The van der Waals surface area contributed by atoms with E-state index in [9.17, 15) is 9.59 Å². The Morgan fingerprint density at radius 2 is 1.85 bits per heavy atom. The maximum Gasteiger partial charge on any atom is 0.252 e. The fourth-order valence-corrected chi connectivity index (χ4v) is 3.43. The standard InChI is InChI=1S/C19H23N5O2/c25-17(14-5-6-14)22-15-3-1-4-16(13-15)23-18(26)19(7-10-20-11-8-19)24-12-2-9-21-24/h1-4,9,12-14,20H,5-8,10-11H2,(H,22,25)(H,23,26). The van der Waals surface area contributed by atoms with Crippen LogP contribution in [-0.4, -0.2) is 34.7 Å². The number of nitrogens with one attached hydrogen (secondary N) is 3. The number of anilines is 2. The first-order chi connectivity index (χ1) is 12.7. The SMILES string of the molecule is O=C(Nc1cccc(NC(=O)C2(n3cccn3)CCNCC2)c1)C1CC1. The lowest BCUT2D eigenvalue weighted by Crippen LogP contribution is -2.52. The van der Waals surface area contributed by atoms with Crippen molar-refractivity contribution in [2.75, 3.05) is 23.7 Å². The highest BCUT2D eigenvalue weighted by molar-refractivity contribution is 5.98. The predicted octanol–water partition coefficient (Wildman–Crippen LogP) is 1.95. The van der Waals surface area contributed by atoms with Gasteiger partial charge in [0.25, 0.3) is 5.91 Å². The summed E-state index contributed by atoms with van der Waals surface area (Å²) in [6, 6.07) is 9.15. The number of aromatic nitrogens is 2. The lowest BCUT2D eigenvalue weighted by atomic mass is 9.87. The van der Waals surface area contributed by atoms with Gasteiger partial charge in [0, 0.05) is 29.7 Å². The van der Waals surface area contributed by atoms with Gasteiger partial charge < -0.3 is 16.0 Å². The summed E-state index contributed by atoms with van der Waals surface area (Å²) in [5.41, 5.74) is 0.689. The van der Waals surface area contributed by atoms with E-state index in [-0.39, 0.29) is 17.7 Å². The molecule has 7 nitrogen and oxygen atoms in total. The summed E-state index contributed by atoms with van der Waals surface area (Å²) in [4.78, 5) is 25.1. The van der Waals surface area contributed by atoms with Gasteiger partial charge in [-0.25, -0.2) is 0 Å². The van der Waals surface area contributed by atoms with E-state index in [1.165, 1.54) is 0 Å². The number of hydrogen-bond acceptors (Lipinski definition) is 4. The van der Waals surface area contributed by atoms with Crippen LogP contribution >= 0.6 is 0 Å². The van der Waals surface area contributed by atoms with Crippen LogP contribution in [0.2, 0.25) is 0 Å². The van der Waals surface area contributed by atoms with Crippen LogP contribution in [-0.2, 0) is 15.1 Å². The van der Waals surface area contributed by atoms with Crippen LogP contribution in [0.4, 0.5) is 11.4 Å². The second-order valence-corrected chi connectivity index (χ2v) is 7.03. The Bertz CT molecular complexity index is 792. The molecule has 1 aromatic heterocycles. The molecule has 2 amide bonds. The first kappa shape index (κ1) is 16.8. The van der Waals surface area contributed by atoms with E-state index < -0.39 is 5.54 Å². The number of carbonyl (C=O) groups excluding carboxylic acids is 2. The van der Waals surface area contributed by atoms with Gasteiger partial charge in [0.05, 0.1) is 0 Å². The first-order valence-electron chi connectivity index (χ1n) is 9.11. The molecule has 2 aromatic rings. The number of carbonyl (C=O) groups is 2. The minimum absolute atomic E-state index is 0.0554. The lowest BCUT2D eigenvalue weighted by Gasteiger charge is -2.36. The second-order valence-electron chi connectivity index (χ2n) is 7.03. The van der Waals surface area contributed by atoms with Crippen molar-refractivity contribution in [3.63, 3.8) is 0 Å². The smallest absolute Gasteiger partial charge is 0.252 e. The quantitative estimate of drug-likeness (QED) is 0.767.